The Kier molecular flexibility index (Phi) is 6.07. The van der Waals surface area contributed by atoms with E-state index in [1.54, 1.807) is 28.8 Å². The van der Waals surface area contributed by atoms with Crippen LogP contribution in [0.4, 0.5) is 8.78 Å². The topological polar surface area (TPSA) is 71.7 Å². The number of hydrogen-bond donors (Lipinski definition) is 2. The highest BCUT2D eigenvalue weighted by Crippen LogP contribution is 2.37. The van der Waals surface area contributed by atoms with Crippen molar-refractivity contribution in [2.24, 2.45) is 0 Å². The fraction of sp³-hybridized carbons (Fsp3) is 0.0800. The molecule has 168 valence electrons. The number of carboxylic acid groups (broad SMARTS) is 1. The van der Waals surface area contributed by atoms with Crippen LogP contribution in [-0.4, -0.2) is 20.7 Å². The molecule has 1 aromatic heterocycles. The van der Waals surface area contributed by atoms with Crippen LogP contribution in [-0.2, 0) is 6.61 Å². The molecule has 0 aliphatic carbocycles. The van der Waals surface area contributed by atoms with Crippen LogP contribution in [0.25, 0.3) is 16.9 Å². The minimum atomic E-state index is -1.18. The first-order chi connectivity index (χ1) is 15.7. The number of phenolic OH excluding ortho intramolecular Hbond substituents is 1. The maximum absolute atomic E-state index is 14.1. The minimum Gasteiger partial charge on any atom is -0.508 e. The molecule has 0 fully saturated rings. The van der Waals surface area contributed by atoms with E-state index in [1.807, 2.05) is 13.0 Å². The number of benzene rings is 3. The normalized spacial score (nSPS) is 10.9. The lowest BCUT2D eigenvalue weighted by Crippen LogP contribution is -2.05. The molecule has 0 aliphatic heterocycles. The summed E-state index contributed by atoms with van der Waals surface area (Å²) in [7, 11) is 0. The highest BCUT2D eigenvalue weighted by Gasteiger charge is 2.18. The fourth-order valence-corrected chi connectivity index (χ4v) is 3.76. The van der Waals surface area contributed by atoms with Crippen molar-refractivity contribution in [1.82, 2.24) is 4.57 Å². The van der Waals surface area contributed by atoms with Crippen molar-refractivity contribution in [3.05, 3.63) is 100 Å². The Hall–Kier alpha value is -3.84. The SMILES string of the molecule is Cc1ccc(-c2cc(Cl)ccc2OCc2cccc(F)c2F)n1-c1cc(O)cc(C(=O)O)c1. The standard InChI is InChI=1S/C25H18ClF2NO4/c1-14-5-7-22(29(14)18-9-16(25(31)32)10-19(30)12-18)20-11-17(26)6-8-23(20)33-13-15-3-2-4-21(27)24(15)28/h2-12,30H,13H2,1H3,(H,31,32). The quantitative estimate of drug-likeness (QED) is 0.344. The molecule has 3 aromatic carbocycles. The van der Waals surface area contributed by atoms with Gasteiger partial charge in [-0.3, -0.25) is 0 Å². The molecule has 0 saturated carbocycles. The van der Waals surface area contributed by atoms with Crippen molar-refractivity contribution in [3.8, 4) is 28.4 Å². The van der Waals surface area contributed by atoms with Crippen molar-refractivity contribution in [3.63, 3.8) is 0 Å². The number of halogens is 3. The third-order valence-electron chi connectivity index (χ3n) is 5.12. The molecule has 1 heterocycles. The Bertz CT molecular complexity index is 1370. The molecule has 0 spiro atoms. The van der Waals surface area contributed by atoms with Crippen LogP contribution in [0.2, 0.25) is 5.02 Å². The van der Waals surface area contributed by atoms with Gasteiger partial charge in [0.05, 0.1) is 16.9 Å². The van der Waals surface area contributed by atoms with Crippen LogP contribution in [0.5, 0.6) is 11.5 Å². The molecule has 0 unspecified atom stereocenters. The van der Waals surface area contributed by atoms with Crippen molar-refractivity contribution >= 4 is 17.6 Å². The molecule has 0 radical (unpaired) electrons. The summed E-state index contributed by atoms with van der Waals surface area (Å²) in [5.74, 6) is -2.96. The van der Waals surface area contributed by atoms with Gasteiger partial charge in [-0.25, -0.2) is 13.6 Å². The van der Waals surface area contributed by atoms with Gasteiger partial charge in [-0.05, 0) is 55.5 Å². The summed E-state index contributed by atoms with van der Waals surface area (Å²) in [4.78, 5) is 11.5. The van der Waals surface area contributed by atoms with Crippen LogP contribution in [0.15, 0.2) is 66.7 Å². The van der Waals surface area contributed by atoms with Gasteiger partial charge < -0.3 is 19.5 Å². The molecule has 0 saturated heterocycles. The van der Waals surface area contributed by atoms with Gasteiger partial charge in [0, 0.05) is 27.9 Å². The molecule has 0 aliphatic rings. The highest BCUT2D eigenvalue weighted by atomic mass is 35.5. The van der Waals surface area contributed by atoms with E-state index in [4.69, 9.17) is 16.3 Å². The van der Waals surface area contributed by atoms with E-state index in [-0.39, 0.29) is 23.5 Å². The summed E-state index contributed by atoms with van der Waals surface area (Å²) in [6.45, 7) is 1.61. The third-order valence-corrected chi connectivity index (χ3v) is 5.35. The zero-order valence-electron chi connectivity index (χ0n) is 17.3. The number of ether oxygens (including phenoxy) is 1. The average Bonchev–Trinajstić information content (AvgIpc) is 3.16. The molecule has 5 nitrogen and oxygen atoms in total. The largest absolute Gasteiger partial charge is 0.508 e. The fourth-order valence-electron chi connectivity index (χ4n) is 3.58. The average molecular weight is 470 g/mol. The van der Waals surface area contributed by atoms with Gasteiger partial charge in [-0.15, -0.1) is 0 Å². The second-order valence-electron chi connectivity index (χ2n) is 7.38. The zero-order chi connectivity index (χ0) is 23.7. The Balaban J connectivity index is 1.79. The van der Waals surface area contributed by atoms with Gasteiger partial charge in [0.15, 0.2) is 11.6 Å². The number of phenols is 1. The molecule has 0 amide bonds. The van der Waals surface area contributed by atoms with E-state index in [0.717, 1.165) is 17.8 Å². The lowest BCUT2D eigenvalue weighted by Gasteiger charge is -2.17. The van der Waals surface area contributed by atoms with Crippen molar-refractivity contribution < 1.29 is 28.5 Å². The van der Waals surface area contributed by atoms with Crippen LogP contribution in [0.3, 0.4) is 0 Å². The number of aryl methyl sites for hydroxylation is 1. The van der Waals surface area contributed by atoms with Gasteiger partial charge in [-0.1, -0.05) is 23.7 Å². The van der Waals surface area contributed by atoms with Crippen LogP contribution < -0.4 is 4.74 Å². The minimum absolute atomic E-state index is 0.0570. The Morgan fingerprint density at radius 3 is 2.61 bits per heavy atom. The molecule has 0 atom stereocenters. The predicted molar refractivity (Wildman–Crippen MR) is 120 cm³/mol. The first-order valence-corrected chi connectivity index (χ1v) is 10.2. The summed E-state index contributed by atoms with van der Waals surface area (Å²) in [5.41, 5.74) is 2.31. The van der Waals surface area contributed by atoms with Crippen molar-refractivity contribution in [2.75, 3.05) is 0 Å². The van der Waals surface area contributed by atoms with Gasteiger partial charge in [0.2, 0.25) is 0 Å². The summed E-state index contributed by atoms with van der Waals surface area (Å²) in [6.07, 6.45) is 0. The second kappa shape index (κ2) is 8.96. The summed E-state index contributed by atoms with van der Waals surface area (Å²) >= 11 is 6.23. The smallest absolute Gasteiger partial charge is 0.335 e. The van der Waals surface area contributed by atoms with Crippen molar-refractivity contribution in [2.45, 2.75) is 13.5 Å². The summed E-state index contributed by atoms with van der Waals surface area (Å²) in [5, 5.41) is 19.9. The Morgan fingerprint density at radius 2 is 1.85 bits per heavy atom. The summed E-state index contributed by atoms with van der Waals surface area (Å²) in [6, 6.07) is 16.4. The molecule has 4 aromatic rings. The zero-order valence-corrected chi connectivity index (χ0v) is 18.1. The maximum atomic E-state index is 14.1. The number of carboxylic acids is 1. The van der Waals surface area contributed by atoms with E-state index in [9.17, 15) is 23.8 Å². The maximum Gasteiger partial charge on any atom is 0.335 e. The van der Waals surface area contributed by atoms with Crippen LogP contribution in [0, 0.1) is 18.6 Å². The number of aromatic carboxylic acids is 1. The molecule has 33 heavy (non-hydrogen) atoms. The number of aromatic nitrogens is 1. The third kappa shape index (κ3) is 4.54. The van der Waals surface area contributed by atoms with E-state index in [2.05, 4.69) is 0 Å². The Morgan fingerprint density at radius 1 is 1.06 bits per heavy atom. The van der Waals surface area contributed by atoms with E-state index < -0.39 is 17.6 Å². The first-order valence-electron chi connectivity index (χ1n) is 9.86. The van der Waals surface area contributed by atoms with Crippen LogP contribution >= 0.6 is 11.6 Å². The molecule has 2 N–H and O–H groups in total. The number of aromatic hydroxyl groups is 1. The Labute approximate surface area is 193 Å². The van der Waals surface area contributed by atoms with Gasteiger partial charge in [0.1, 0.15) is 18.1 Å². The molecule has 8 heteroatoms. The summed E-state index contributed by atoms with van der Waals surface area (Å²) < 4.78 is 35.2. The number of carbonyl (C=O) groups is 1. The highest BCUT2D eigenvalue weighted by molar-refractivity contribution is 6.31. The monoisotopic (exact) mass is 469 g/mol. The predicted octanol–water partition coefficient (Wildman–Crippen LogP) is 6.37. The number of rotatable bonds is 6. The molecule has 4 rings (SSSR count). The van der Waals surface area contributed by atoms with E-state index in [1.165, 1.54) is 24.3 Å². The molecular weight excluding hydrogens is 452 g/mol. The lowest BCUT2D eigenvalue weighted by atomic mass is 10.1. The van der Waals surface area contributed by atoms with Gasteiger partial charge in [0.25, 0.3) is 0 Å². The lowest BCUT2D eigenvalue weighted by molar-refractivity contribution is 0.0696. The van der Waals surface area contributed by atoms with Crippen LogP contribution in [0.1, 0.15) is 21.6 Å². The number of hydrogen-bond acceptors (Lipinski definition) is 3. The van der Waals surface area contributed by atoms with E-state index >= 15 is 0 Å². The van der Waals surface area contributed by atoms with E-state index in [0.29, 0.717) is 27.7 Å². The van der Waals surface area contributed by atoms with Gasteiger partial charge >= 0.3 is 5.97 Å². The number of nitrogens with zero attached hydrogens (tertiary/aromatic N) is 1. The second-order valence-corrected chi connectivity index (χ2v) is 7.82. The first kappa shape index (κ1) is 22.4. The van der Waals surface area contributed by atoms with Crippen molar-refractivity contribution in [1.29, 1.82) is 0 Å². The molecule has 0 bridgehead atoms. The molecular formula is C25H18ClF2NO4. The van der Waals surface area contributed by atoms with Gasteiger partial charge in [-0.2, -0.15) is 0 Å².